The van der Waals surface area contributed by atoms with Crippen LogP contribution in [0.1, 0.15) is 36.1 Å². The molecule has 82 valence electrons. The molecule has 0 fully saturated rings. The predicted molar refractivity (Wildman–Crippen MR) is 67.1 cm³/mol. The van der Waals surface area contributed by atoms with E-state index < -0.39 is 0 Å². The van der Waals surface area contributed by atoms with Gasteiger partial charge in [0.1, 0.15) is 0 Å². The minimum absolute atomic E-state index is 0.391. The molecule has 0 radical (unpaired) electrons. The Morgan fingerprint density at radius 1 is 1.40 bits per heavy atom. The number of benzene rings is 1. The topological polar surface area (TPSA) is 12.0 Å². The van der Waals surface area contributed by atoms with Gasteiger partial charge in [0.15, 0.2) is 0 Å². The number of hydrogen-bond donors (Lipinski definition) is 1. The van der Waals surface area contributed by atoms with E-state index in [-0.39, 0.29) is 0 Å². The minimum atomic E-state index is 0.391. The van der Waals surface area contributed by atoms with E-state index in [1.54, 1.807) is 0 Å². The normalized spacial score (nSPS) is 12.5. The molecular formula is C14H21N. The van der Waals surface area contributed by atoms with Crippen molar-refractivity contribution in [1.29, 1.82) is 0 Å². The molecule has 0 spiro atoms. The molecule has 0 aromatic heterocycles. The Labute approximate surface area is 93.2 Å². The van der Waals surface area contributed by atoms with Crippen LogP contribution in [0.4, 0.5) is 0 Å². The summed E-state index contributed by atoms with van der Waals surface area (Å²) in [6.45, 7) is 10.4. The number of rotatable bonds is 4. The van der Waals surface area contributed by atoms with Crippen LogP contribution in [0.15, 0.2) is 30.4 Å². The van der Waals surface area contributed by atoms with Crippen molar-refractivity contribution in [3.63, 3.8) is 0 Å². The molecule has 1 nitrogen and oxygen atoms in total. The van der Waals surface area contributed by atoms with Crippen molar-refractivity contribution < 1.29 is 0 Å². The molecule has 1 atom stereocenters. The average Bonchev–Trinajstić information content (AvgIpc) is 2.18. The molecule has 0 bridgehead atoms. The van der Waals surface area contributed by atoms with Crippen LogP contribution >= 0.6 is 0 Å². The zero-order valence-corrected chi connectivity index (χ0v) is 10.2. The maximum Gasteiger partial charge on any atom is 0.0357 e. The van der Waals surface area contributed by atoms with E-state index in [2.05, 4.69) is 50.9 Å². The molecule has 1 N–H and O–H groups in total. The fourth-order valence-electron chi connectivity index (χ4n) is 1.85. The molecule has 1 aromatic rings. The molecule has 0 heterocycles. The van der Waals surface area contributed by atoms with Gasteiger partial charge in [-0.2, -0.15) is 0 Å². The summed E-state index contributed by atoms with van der Waals surface area (Å²) in [5.41, 5.74) is 5.27. The first-order valence-electron chi connectivity index (χ1n) is 5.43. The highest BCUT2D eigenvalue weighted by Crippen LogP contribution is 2.24. The number of hydrogen-bond acceptors (Lipinski definition) is 1. The van der Waals surface area contributed by atoms with Crippen molar-refractivity contribution in [3.05, 3.63) is 47.0 Å². The van der Waals surface area contributed by atoms with E-state index in [0.717, 1.165) is 6.42 Å². The van der Waals surface area contributed by atoms with E-state index in [9.17, 15) is 0 Å². The van der Waals surface area contributed by atoms with Crippen molar-refractivity contribution in [2.45, 2.75) is 33.2 Å². The second-order valence-corrected chi connectivity index (χ2v) is 4.36. The quantitative estimate of drug-likeness (QED) is 0.738. The van der Waals surface area contributed by atoms with Crippen LogP contribution in [0.2, 0.25) is 0 Å². The summed E-state index contributed by atoms with van der Waals surface area (Å²) < 4.78 is 0. The lowest BCUT2D eigenvalue weighted by molar-refractivity contribution is 0.586. The lowest BCUT2D eigenvalue weighted by Crippen LogP contribution is -2.17. The van der Waals surface area contributed by atoms with Crippen molar-refractivity contribution in [1.82, 2.24) is 5.32 Å². The molecule has 0 aliphatic rings. The van der Waals surface area contributed by atoms with Gasteiger partial charge in [-0.1, -0.05) is 29.3 Å². The van der Waals surface area contributed by atoms with Crippen LogP contribution in [-0.4, -0.2) is 7.05 Å². The molecule has 1 unspecified atom stereocenters. The van der Waals surface area contributed by atoms with Gasteiger partial charge in [-0.15, -0.1) is 6.58 Å². The summed E-state index contributed by atoms with van der Waals surface area (Å²) >= 11 is 0. The van der Waals surface area contributed by atoms with Crippen molar-refractivity contribution in [3.8, 4) is 0 Å². The molecule has 0 saturated carbocycles. The smallest absolute Gasteiger partial charge is 0.0357 e. The monoisotopic (exact) mass is 203 g/mol. The first kappa shape index (κ1) is 12.0. The highest BCUT2D eigenvalue weighted by molar-refractivity contribution is 5.33. The van der Waals surface area contributed by atoms with Gasteiger partial charge in [0, 0.05) is 6.04 Å². The lowest BCUT2D eigenvalue weighted by Gasteiger charge is -2.19. The summed E-state index contributed by atoms with van der Waals surface area (Å²) in [7, 11) is 2.01. The Morgan fingerprint density at radius 2 is 2.07 bits per heavy atom. The third-order valence-corrected chi connectivity index (χ3v) is 2.71. The zero-order valence-electron chi connectivity index (χ0n) is 10.2. The molecule has 1 heteroatoms. The molecule has 1 aromatic carbocycles. The van der Waals surface area contributed by atoms with E-state index in [4.69, 9.17) is 0 Å². The first-order valence-corrected chi connectivity index (χ1v) is 5.43. The van der Waals surface area contributed by atoms with Crippen LogP contribution in [0.3, 0.4) is 0 Å². The largest absolute Gasteiger partial charge is 0.313 e. The molecule has 15 heavy (non-hydrogen) atoms. The van der Waals surface area contributed by atoms with Crippen LogP contribution in [0, 0.1) is 13.8 Å². The second kappa shape index (κ2) is 5.13. The van der Waals surface area contributed by atoms with Gasteiger partial charge in [0.25, 0.3) is 0 Å². The fourth-order valence-corrected chi connectivity index (χ4v) is 1.85. The van der Waals surface area contributed by atoms with E-state index in [0.29, 0.717) is 6.04 Å². The van der Waals surface area contributed by atoms with Gasteiger partial charge in [0.05, 0.1) is 0 Å². The summed E-state index contributed by atoms with van der Waals surface area (Å²) in [6, 6.07) is 7.00. The summed E-state index contributed by atoms with van der Waals surface area (Å²) in [5, 5.41) is 3.36. The van der Waals surface area contributed by atoms with Crippen molar-refractivity contribution in [2.75, 3.05) is 7.05 Å². The summed E-state index contributed by atoms with van der Waals surface area (Å²) in [6.07, 6.45) is 1.00. The first-order chi connectivity index (χ1) is 7.04. The van der Waals surface area contributed by atoms with Crippen LogP contribution in [0.25, 0.3) is 0 Å². The van der Waals surface area contributed by atoms with Gasteiger partial charge in [-0.25, -0.2) is 0 Å². The second-order valence-electron chi connectivity index (χ2n) is 4.36. The van der Waals surface area contributed by atoms with Crippen molar-refractivity contribution >= 4 is 0 Å². The van der Waals surface area contributed by atoms with Crippen LogP contribution < -0.4 is 5.32 Å². The molecule has 0 saturated heterocycles. The van der Waals surface area contributed by atoms with E-state index in [1.807, 2.05) is 7.05 Å². The lowest BCUT2D eigenvalue weighted by atomic mass is 9.95. The Morgan fingerprint density at radius 3 is 2.60 bits per heavy atom. The third-order valence-electron chi connectivity index (χ3n) is 2.71. The maximum absolute atomic E-state index is 3.98. The maximum atomic E-state index is 3.98. The average molecular weight is 203 g/mol. The number of aryl methyl sites for hydroxylation is 2. The molecule has 0 aliphatic heterocycles. The van der Waals surface area contributed by atoms with Gasteiger partial charge >= 0.3 is 0 Å². The van der Waals surface area contributed by atoms with Crippen LogP contribution in [-0.2, 0) is 0 Å². The van der Waals surface area contributed by atoms with Crippen molar-refractivity contribution in [2.24, 2.45) is 0 Å². The highest BCUT2D eigenvalue weighted by Gasteiger charge is 2.11. The van der Waals surface area contributed by atoms with Gasteiger partial charge < -0.3 is 5.32 Å². The predicted octanol–water partition coefficient (Wildman–Crippen LogP) is 3.53. The molecule has 1 rings (SSSR count). The Bertz CT molecular complexity index is 352. The van der Waals surface area contributed by atoms with Gasteiger partial charge in [-0.3, -0.25) is 0 Å². The highest BCUT2D eigenvalue weighted by atomic mass is 14.9. The van der Waals surface area contributed by atoms with Gasteiger partial charge in [-0.05, 0) is 45.4 Å². The Hall–Kier alpha value is -1.08. The zero-order chi connectivity index (χ0) is 11.4. The molecule has 0 amide bonds. The summed E-state index contributed by atoms with van der Waals surface area (Å²) in [4.78, 5) is 0. The SMILES string of the molecule is C=C(C)CC(NC)c1cc(C)ccc1C. The van der Waals surface area contributed by atoms with E-state index >= 15 is 0 Å². The summed E-state index contributed by atoms with van der Waals surface area (Å²) in [5.74, 6) is 0. The fraction of sp³-hybridized carbons (Fsp3) is 0.429. The Kier molecular flexibility index (Phi) is 4.10. The molecular weight excluding hydrogens is 182 g/mol. The van der Waals surface area contributed by atoms with Gasteiger partial charge in [0.2, 0.25) is 0 Å². The minimum Gasteiger partial charge on any atom is -0.313 e. The Balaban J connectivity index is 3.00. The van der Waals surface area contributed by atoms with E-state index in [1.165, 1.54) is 22.3 Å². The molecule has 0 aliphatic carbocycles. The standard InChI is InChI=1S/C14H21N/c1-10(2)8-14(15-5)13-9-11(3)6-7-12(13)4/h6-7,9,14-15H,1,8H2,2-5H3. The number of nitrogens with one attached hydrogen (secondary N) is 1. The van der Waals surface area contributed by atoms with Crippen LogP contribution in [0.5, 0.6) is 0 Å². The third kappa shape index (κ3) is 3.21.